The van der Waals surface area contributed by atoms with Gasteiger partial charge in [-0.05, 0) is 0 Å². The van der Waals surface area contributed by atoms with Gasteiger partial charge in [-0.3, -0.25) is 11.5 Å². The first-order valence-electron chi connectivity index (χ1n) is 4.78. The number of aliphatic hydroxyl groups is 6. The van der Waals surface area contributed by atoms with Gasteiger partial charge in [0.25, 0.3) is 0 Å². The second-order valence-corrected chi connectivity index (χ2v) is 3.42. The number of nitrogens with two attached hydrogens (primary N) is 2. The van der Waals surface area contributed by atoms with Crippen molar-refractivity contribution in [2.75, 3.05) is 0 Å². The molecular weight excluding hydrogens is 284 g/mol. The van der Waals surface area contributed by atoms with Crippen LogP contribution in [0.3, 0.4) is 0 Å². The van der Waals surface area contributed by atoms with E-state index in [9.17, 15) is 9.59 Å². The Morgan fingerprint density at radius 2 is 1.05 bits per heavy atom. The molecule has 12 nitrogen and oxygen atoms in total. The van der Waals surface area contributed by atoms with E-state index in [4.69, 9.17) is 42.1 Å². The molecule has 116 valence electrons. The Labute approximate surface area is 111 Å². The van der Waals surface area contributed by atoms with Crippen molar-refractivity contribution >= 4 is 11.9 Å². The van der Waals surface area contributed by atoms with Gasteiger partial charge >= 0.3 is 23.9 Å². The van der Waals surface area contributed by atoms with Crippen LogP contribution in [-0.4, -0.2) is 67.0 Å². The fourth-order valence-corrected chi connectivity index (χ4v) is 0.623. The zero-order valence-electron chi connectivity index (χ0n) is 9.78. The molecule has 0 aromatic carbocycles. The summed E-state index contributed by atoms with van der Waals surface area (Å²) in [5.74, 6) is -9.69. The molecule has 0 aliphatic heterocycles. The number of hydrogen-bond acceptors (Lipinski definition) is 12. The van der Waals surface area contributed by atoms with Crippen molar-refractivity contribution < 1.29 is 49.7 Å². The van der Waals surface area contributed by atoms with Crippen molar-refractivity contribution in [2.45, 2.75) is 24.4 Å². The van der Waals surface area contributed by atoms with Gasteiger partial charge in [-0.2, -0.15) is 0 Å². The van der Waals surface area contributed by atoms with Gasteiger partial charge in [-0.15, -0.1) is 0 Å². The van der Waals surface area contributed by atoms with Crippen molar-refractivity contribution in [2.24, 2.45) is 11.5 Å². The van der Waals surface area contributed by atoms with E-state index in [0.717, 1.165) is 0 Å². The Balaban J connectivity index is 4.37. The third kappa shape index (κ3) is 7.07. The van der Waals surface area contributed by atoms with Crippen LogP contribution in [0.5, 0.6) is 0 Å². The van der Waals surface area contributed by atoms with Crippen LogP contribution in [-0.2, 0) is 19.1 Å². The van der Waals surface area contributed by atoms with Crippen LogP contribution < -0.4 is 11.5 Å². The van der Waals surface area contributed by atoms with Crippen LogP contribution >= 0.6 is 0 Å². The predicted molar refractivity (Wildman–Crippen MR) is 56.0 cm³/mol. The van der Waals surface area contributed by atoms with Gasteiger partial charge in [0.05, 0.1) is 0 Å². The summed E-state index contributed by atoms with van der Waals surface area (Å²) in [5, 5.41) is 51.1. The van der Waals surface area contributed by atoms with Crippen molar-refractivity contribution in [1.29, 1.82) is 0 Å². The molecule has 20 heavy (non-hydrogen) atoms. The molecule has 2 atom stereocenters. The summed E-state index contributed by atoms with van der Waals surface area (Å²) >= 11 is 0. The first-order chi connectivity index (χ1) is 8.84. The molecule has 0 radical (unpaired) electrons. The van der Waals surface area contributed by atoms with Gasteiger partial charge in [0.15, 0.2) is 0 Å². The number of esters is 2. The Morgan fingerprint density at radius 1 is 0.800 bits per heavy atom. The summed E-state index contributed by atoms with van der Waals surface area (Å²) in [4.78, 5) is 22.0. The Hall–Kier alpha value is -1.64. The summed E-state index contributed by atoms with van der Waals surface area (Å²) in [7, 11) is 0. The van der Waals surface area contributed by atoms with Crippen molar-refractivity contribution in [3.8, 4) is 0 Å². The van der Waals surface area contributed by atoms with Gasteiger partial charge in [-0.1, -0.05) is 0 Å². The van der Waals surface area contributed by atoms with Crippen LogP contribution in [0.4, 0.5) is 0 Å². The lowest BCUT2D eigenvalue weighted by Gasteiger charge is -2.21. The molecule has 0 amide bonds. The number of rotatable bonds is 6. The molecule has 10 N–H and O–H groups in total. The minimum atomic E-state index is -3.48. The SMILES string of the molecule is NC(OC(=O)/C=C\C(=O)OC(N)C(O)(O)O)C(O)(O)O. The average molecular weight is 298 g/mol. The third-order valence-corrected chi connectivity index (χ3v) is 1.61. The molecule has 0 saturated carbocycles. The van der Waals surface area contributed by atoms with E-state index in [2.05, 4.69) is 9.47 Å². The quantitative estimate of drug-likeness (QED) is 0.130. The molecule has 0 spiro atoms. The van der Waals surface area contributed by atoms with Gasteiger partial charge < -0.3 is 40.1 Å². The topological polar surface area (TPSA) is 226 Å². The predicted octanol–water partition coefficient (Wildman–Crippen LogP) is -5.54. The van der Waals surface area contributed by atoms with Gasteiger partial charge in [0.1, 0.15) is 0 Å². The van der Waals surface area contributed by atoms with E-state index in [1.165, 1.54) is 0 Å². The highest BCUT2D eigenvalue weighted by molar-refractivity contribution is 5.91. The van der Waals surface area contributed by atoms with Crippen molar-refractivity contribution in [3.05, 3.63) is 12.2 Å². The first kappa shape index (κ1) is 18.4. The normalized spacial score (nSPS) is 15.8. The molecule has 0 heterocycles. The maximum Gasteiger partial charge on any atom is 0.332 e. The molecule has 0 aromatic heterocycles. The van der Waals surface area contributed by atoms with Crippen molar-refractivity contribution in [1.82, 2.24) is 0 Å². The molecule has 0 bridgehead atoms. The molecule has 0 aliphatic rings. The fraction of sp³-hybridized carbons (Fsp3) is 0.500. The molecule has 0 aliphatic carbocycles. The van der Waals surface area contributed by atoms with Crippen LogP contribution in [0.1, 0.15) is 0 Å². The van der Waals surface area contributed by atoms with Crippen LogP contribution in [0, 0.1) is 0 Å². The number of hydrogen-bond donors (Lipinski definition) is 8. The van der Waals surface area contributed by atoms with Gasteiger partial charge in [-0.25, -0.2) is 9.59 Å². The smallest absolute Gasteiger partial charge is 0.332 e. The van der Waals surface area contributed by atoms with E-state index in [1.807, 2.05) is 0 Å². The minimum Gasteiger partial charge on any atom is -0.435 e. The Morgan fingerprint density at radius 3 is 1.25 bits per heavy atom. The maximum absolute atomic E-state index is 11.0. The lowest BCUT2D eigenvalue weighted by Crippen LogP contribution is -2.50. The summed E-state index contributed by atoms with van der Waals surface area (Å²) in [6.45, 7) is 0. The molecule has 0 fully saturated rings. The average Bonchev–Trinajstić information content (AvgIpc) is 2.23. The molecule has 2 unspecified atom stereocenters. The Bertz CT molecular complexity index is 346. The second kappa shape index (κ2) is 6.69. The molecule has 0 saturated heterocycles. The van der Waals surface area contributed by atoms with Crippen LogP contribution in [0.25, 0.3) is 0 Å². The summed E-state index contributed by atoms with van der Waals surface area (Å²) in [6.07, 6.45) is -3.63. The highest BCUT2D eigenvalue weighted by atomic mass is 16.7. The number of carbonyl (C=O) groups excluding carboxylic acids is 2. The monoisotopic (exact) mass is 298 g/mol. The van der Waals surface area contributed by atoms with E-state index in [1.54, 1.807) is 0 Å². The highest BCUT2D eigenvalue weighted by Crippen LogP contribution is 2.03. The van der Waals surface area contributed by atoms with Gasteiger partial charge in [0, 0.05) is 12.2 Å². The number of ether oxygens (including phenoxy) is 2. The fourth-order valence-electron chi connectivity index (χ4n) is 0.623. The molecular formula is C8H14N2O10. The highest BCUT2D eigenvalue weighted by Gasteiger charge is 2.33. The molecule has 12 heteroatoms. The third-order valence-electron chi connectivity index (χ3n) is 1.61. The lowest BCUT2D eigenvalue weighted by molar-refractivity contribution is -0.354. The van der Waals surface area contributed by atoms with E-state index < -0.39 is 36.3 Å². The Kier molecular flexibility index (Phi) is 6.14. The standard InChI is InChI=1S/C8H14N2O10/c9-5(7(13,14)15)19-3(11)1-2-4(12)20-6(10)8(16,17)18/h1-2,5-6,13-18H,9-10H2/b2-1-. The summed E-state index contributed by atoms with van der Waals surface area (Å²) in [5.41, 5.74) is 9.67. The molecule has 0 rings (SSSR count). The summed E-state index contributed by atoms with van der Waals surface area (Å²) < 4.78 is 8.10. The molecule has 0 aromatic rings. The zero-order valence-corrected chi connectivity index (χ0v) is 9.78. The van der Waals surface area contributed by atoms with Crippen molar-refractivity contribution in [3.63, 3.8) is 0 Å². The number of carbonyl (C=O) groups is 2. The maximum atomic E-state index is 11.0. The van der Waals surface area contributed by atoms with E-state index in [-0.39, 0.29) is 0 Å². The van der Waals surface area contributed by atoms with E-state index >= 15 is 0 Å². The largest absolute Gasteiger partial charge is 0.435 e. The first-order valence-corrected chi connectivity index (χ1v) is 4.78. The summed E-state index contributed by atoms with van der Waals surface area (Å²) in [6, 6.07) is 0. The van der Waals surface area contributed by atoms with Gasteiger partial charge in [0.2, 0.25) is 12.5 Å². The second-order valence-electron chi connectivity index (χ2n) is 3.42. The van der Waals surface area contributed by atoms with Crippen LogP contribution in [0.15, 0.2) is 12.2 Å². The minimum absolute atomic E-state index is 0.397. The van der Waals surface area contributed by atoms with E-state index in [0.29, 0.717) is 12.2 Å². The lowest BCUT2D eigenvalue weighted by atomic mass is 10.4. The van der Waals surface area contributed by atoms with Crippen LogP contribution in [0.2, 0.25) is 0 Å². The zero-order chi connectivity index (χ0) is 16.1.